The molecule has 0 aliphatic heterocycles. The molecule has 2 aliphatic carbocycles. The summed E-state index contributed by atoms with van der Waals surface area (Å²) in [5, 5.41) is 9.50. The van der Waals surface area contributed by atoms with Gasteiger partial charge >= 0.3 is 0 Å². The van der Waals surface area contributed by atoms with Crippen molar-refractivity contribution in [2.75, 3.05) is 5.75 Å². The molecule has 2 aromatic heterocycles. The predicted molar refractivity (Wildman–Crippen MR) is 120 cm³/mol. The van der Waals surface area contributed by atoms with E-state index in [9.17, 15) is 9.18 Å². The maximum absolute atomic E-state index is 14.0. The lowest BCUT2D eigenvalue weighted by Crippen LogP contribution is -2.24. The minimum atomic E-state index is -0.397. The van der Waals surface area contributed by atoms with Crippen LogP contribution in [0.3, 0.4) is 0 Å². The first-order chi connectivity index (χ1) is 15.6. The van der Waals surface area contributed by atoms with E-state index in [0.29, 0.717) is 22.6 Å². The smallest absolute Gasteiger partial charge is 0.192 e. The van der Waals surface area contributed by atoms with Crippen molar-refractivity contribution in [1.82, 2.24) is 19.7 Å². The molecule has 1 aromatic carbocycles. The molecule has 2 bridgehead atoms. The largest absolute Gasteiger partial charge is 0.483 e. The number of benzene rings is 1. The molecule has 168 valence electrons. The lowest BCUT2D eigenvalue weighted by Gasteiger charge is -2.30. The molecule has 1 N–H and O–H groups in total. The fourth-order valence-corrected chi connectivity index (χ4v) is 6.33. The number of hydrogen-bond acceptors (Lipinski definition) is 5. The number of aromatic nitrogens is 4. The average Bonchev–Trinajstić information content (AvgIpc) is 3.60. The number of ether oxygens (including phenoxy) is 1. The molecule has 2 saturated carbocycles. The van der Waals surface area contributed by atoms with E-state index in [4.69, 9.17) is 4.74 Å². The van der Waals surface area contributed by atoms with Crippen molar-refractivity contribution in [3.63, 3.8) is 0 Å². The Morgan fingerprint density at radius 2 is 2.12 bits per heavy atom. The fourth-order valence-electron chi connectivity index (χ4n) is 5.41. The van der Waals surface area contributed by atoms with E-state index in [-0.39, 0.29) is 29.9 Å². The summed E-state index contributed by atoms with van der Waals surface area (Å²) in [7, 11) is 0. The summed E-state index contributed by atoms with van der Waals surface area (Å²) in [6.07, 6.45) is 6.91. The number of rotatable bonds is 9. The SMILES string of the molecule is C[C@@H]([C@H]1C[C@@H]2CC[C@@H]1C2)n1c(COc2ccccc2F)nnc1SCC(=O)c1ccc[nH]1. The van der Waals surface area contributed by atoms with Crippen molar-refractivity contribution >= 4 is 17.5 Å². The highest BCUT2D eigenvalue weighted by atomic mass is 32.2. The third-order valence-corrected chi connectivity index (χ3v) is 7.92. The van der Waals surface area contributed by atoms with Crippen LogP contribution in [0.4, 0.5) is 4.39 Å². The Hall–Kier alpha value is -2.61. The summed E-state index contributed by atoms with van der Waals surface area (Å²) >= 11 is 1.40. The molecule has 2 fully saturated rings. The quantitative estimate of drug-likeness (QED) is 0.351. The highest BCUT2D eigenvalue weighted by molar-refractivity contribution is 7.99. The molecule has 2 heterocycles. The van der Waals surface area contributed by atoms with E-state index in [1.54, 1.807) is 30.5 Å². The number of halogens is 1. The van der Waals surface area contributed by atoms with Crippen molar-refractivity contribution < 1.29 is 13.9 Å². The highest BCUT2D eigenvalue weighted by Gasteiger charge is 2.43. The zero-order chi connectivity index (χ0) is 22.1. The molecular formula is C24H27FN4O2S. The number of carbonyl (C=O) groups excluding carboxylic acids is 1. The highest BCUT2D eigenvalue weighted by Crippen LogP contribution is 2.52. The van der Waals surface area contributed by atoms with Gasteiger partial charge in [-0.25, -0.2) is 4.39 Å². The molecular weight excluding hydrogens is 427 g/mol. The summed E-state index contributed by atoms with van der Waals surface area (Å²) in [6, 6.07) is 10.2. The van der Waals surface area contributed by atoms with Crippen LogP contribution < -0.4 is 4.74 Å². The number of para-hydroxylation sites is 1. The molecule has 0 unspecified atom stereocenters. The Morgan fingerprint density at radius 1 is 1.25 bits per heavy atom. The van der Waals surface area contributed by atoms with Gasteiger partial charge in [0.1, 0.15) is 6.61 Å². The van der Waals surface area contributed by atoms with Crippen LogP contribution in [0.5, 0.6) is 5.75 Å². The average molecular weight is 455 g/mol. The number of Topliss-reactive ketones (excluding diaryl/α,β-unsaturated/α-hetero) is 1. The molecule has 0 amide bonds. The number of nitrogens with one attached hydrogen (secondary N) is 1. The molecule has 5 rings (SSSR count). The second-order valence-corrected chi connectivity index (χ2v) is 9.81. The van der Waals surface area contributed by atoms with E-state index in [1.807, 2.05) is 6.07 Å². The minimum Gasteiger partial charge on any atom is -0.483 e. The Labute approximate surface area is 191 Å². The Morgan fingerprint density at radius 3 is 2.84 bits per heavy atom. The molecule has 4 atom stereocenters. The summed E-state index contributed by atoms with van der Waals surface area (Å²) in [5.74, 6) is 2.89. The van der Waals surface area contributed by atoms with Crippen LogP contribution in [-0.4, -0.2) is 31.3 Å². The minimum absolute atomic E-state index is 0.0197. The topological polar surface area (TPSA) is 72.8 Å². The first kappa shape index (κ1) is 21.2. The molecule has 0 saturated heterocycles. The molecule has 0 spiro atoms. The van der Waals surface area contributed by atoms with Crippen molar-refractivity contribution in [3.8, 4) is 5.75 Å². The predicted octanol–water partition coefficient (Wildman–Crippen LogP) is 5.30. The van der Waals surface area contributed by atoms with Crippen molar-refractivity contribution in [3.05, 3.63) is 59.9 Å². The molecule has 8 heteroatoms. The van der Waals surface area contributed by atoms with Gasteiger partial charge < -0.3 is 9.72 Å². The van der Waals surface area contributed by atoms with Gasteiger partial charge in [-0.2, -0.15) is 0 Å². The van der Waals surface area contributed by atoms with E-state index in [0.717, 1.165) is 11.8 Å². The van der Waals surface area contributed by atoms with Crippen molar-refractivity contribution in [2.24, 2.45) is 17.8 Å². The molecule has 0 radical (unpaired) electrons. The Bertz CT molecular complexity index is 1080. The van der Waals surface area contributed by atoms with Crippen LogP contribution >= 0.6 is 11.8 Å². The number of nitrogens with zero attached hydrogens (tertiary/aromatic N) is 3. The number of carbonyl (C=O) groups is 1. The van der Waals surface area contributed by atoms with Gasteiger partial charge in [0.25, 0.3) is 0 Å². The number of fused-ring (bicyclic) bond motifs is 2. The molecule has 32 heavy (non-hydrogen) atoms. The number of hydrogen-bond donors (Lipinski definition) is 1. The third kappa shape index (κ3) is 4.20. The van der Waals surface area contributed by atoms with Gasteiger partial charge in [0, 0.05) is 12.2 Å². The van der Waals surface area contributed by atoms with Crippen LogP contribution in [0.15, 0.2) is 47.8 Å². The Balaban J connectivity index is 1.37. The lowest BCUT2D eigenvalue weighted by atomic mass is 9.84. The third-order valence-electron chi connectivity index (χ3n) is 6.98. The van der Waals surface area contributed by atoms with Gasteiger partial charge in [-0.1, -0.05) is 30.3 Å². The molecule has 2 aliphatic rings. The van der Waals surface area contributed by atoms with Crippen LogP contribution in [0, 0.1) is 23.6 Å². The van der Waals surface area contributed by atoms with E-state index in [2.05, 4.69) is 26.7 Å². The van der Waals surface area contributed by atoms with Crippen molar-refractivity contribution in [2.45, 2.75) is 50.4 Å². The van der Waals surface area contributed by atoms with Gasteiger partial charge in [0.15, 0.2) is 28.3 Å². The van der Waals surface area contributed by atoms with Crippen LogP contribution in [0.2, 0.25) is 0 Å². The maximum atomic E-state index is 14.0. The number of thioether (sulfide) groups is 1. The Kier molecular flexibility index (Phi) is 6.04. The zero-order valence-corrected chi connectivity index (χ0v) is 18.9. The molecule has 3 aromatic rings. The number of aromatic amines is 1. The molecule has 6 nitrogen and oxygen atoms in total. The fraction of sp³-hybridized carbons (Fsp3) is 0.458. The van der Waals surface area contributed by atoms with Gasteiger partial charge in [-0.3, -0.25) is 9.36 Å². The van der Waals surface area contributed by atoms with Gasteiger partial charge in [-0.15, -0.1) is 10.2 Å². The second-order valence-electron chi connectivity index (χ2n) is 8.86. The number of H-pyrrole nitrogens is 1. The van der Waals surface area contributed by atoms with E-state index in [1.165, 1.54) is 43.5 Å². The number of ketones is 1. The maximum Gasteiger partial charge on any atom is 0.192 e. The zero-order valence-electron chi connectivity index (χ0n) is 18.0. The summed E-state index contributed by atoms with van der Waals surface area (Å²) in [6.45, 7) is 2.35. The lowest BCUT2D eigenvalue weighted by molar-refractivity contribution is 0.101. The summed E-state index contributed by atoms with van der Waals surface area (Å²) < 4.78 is 21.9. The summed E-state index contributed by atoms with van der Waals surface area (Å²) in [4.78, 5) is 15.5. The standard InChI is InChI=1S/C24H27FN4O2S/c1-15(18-12-16-8-9-17(18)11-16)29-23(13-31-22-7-3-2-5-19(22)25)27-28-24(29)32-14-21(30)20-6-4-10-26-20/h2-7,10,15-18,26H,8-9,11-14H2,1H3/t15-,16+,17+,18+/m0/s1. The van der Waals surface area contributed by atoms with Crippen LogP contribution in [0.25, 0.3) is 0 Å². The summed E-state index contributed by atoms with van der Waals surface area (Å²) in [5.41, 5.74) is 0.591. The van der Waals surface area contributed by atoms with Crippen LogP contribution in [-0.2, 0) is 6.61 Å². The van der Waals surface area contributed by atoms with E-state index < -0.39 is 5.82 Å². The van der Waals surface area contributed by atoms with Crippen molar-refractivity contribution in [1.29, 1.82) is 0 Å². The second kappa shape index (κ2) is 9.10. The van der Waals surface area contributed by atoms with E-state index >= 15 is 0 Å². The van der Waals surface area contributed by atoms with Gasteiger partial charge in [-0.05, 0) is 68.2 Å². The van der Waals surface area contributed by atoms with Gasteiger partial charge in [0.2, 0.25) is 0 Å². The normalized spacial score (nSPS) is 22.9. The monoisotopic (exact) mass is 454 g/mol. The first-order valence-corrected chi connectivity index (χ1v) is 12.2. The first-order valence-electron chi connectivity index (χ1n) is 11.2. The van der Waals surface area contributed by atoms with Gasteiger partial charge in [0.05, 0.1) is 11.4 Å². The van der Waals surface area contributed by atoms with Crippen LogP contribution in [0.1, 0.15) is 55.0 Å².